The van der Waals surface area contributed by atoms with Crippen molar-refractivity contribution in [3.8, 4) is 17.2 Å². The third kappa shape index (κ3) is 3.22. The molecule has 1 atom stereocenters. The average Bonchev–Trinajstić information content (AvgIpc) is 2.48. The Hall–Kier alpha value is -2.90. The highest BCUT2D eigenvalue weighted by Crippen LogP contribution is 2.26. The van der Waals surface area contributed by atoms with Crippen molar-refractivity contribution in [1.29, 1.82) is 0 Å². The van der Waals surface area contributed by atoms with Gasteiger partial charge in [0.05, 0.1) is 13.3 Å². The molecule has 0 saturated heterocycles. The number of aliphatic carboxylic acids is 1. The fourth-order valence-electron chi connectivity index (χ4n) is 1.67. The first-order valence-electron chi connectivity index (χ1n) is 6.25. The molecule has 0 spiro atoms. The van der Waals surface area contributed by atoms with Crippen LogP contribution in [0.4, 0.5) is 4.39 Å². The molecule has 0 saturated carbocycles. The van der Waals surface area contributed by atoms with Crippen LogP contribution in [-0.2, 0) is 4.79 Å². The van der Waals surface area contributed by atoms with Crippen molar-refractivity contribution in [1.82, 2.24) is 9.78 Å². The number of nitrogens with zero attached hydrogens (tertiary/aromatic N) is 2. The molecule has 1 heterocycles. The molecule has 1 N–H and O–H groups in total. The smallest absolute Gasteiger partial charge is 0.328 e. The summed E-state index contributed by atoms with van der Waals surface area (Å²) in [6.07, 6.45) is 1.14. The Morgan fingerprint density at radius 3 is 2.64 bits per heavy atom. The lowest BCUT2D eigenvalue weighted by Crippen LogP contribution is -2.29. The van der Waals surface area contributed by atoms with Gasteiger partial charge in [-0.2, -0.15) is 5.10 Å². The molecule has 1 aromatic heterocycles. The molecule has 2 rings (SSSR count). The lowest BCUT2D eigenvalue weighted by molar-refractivity contribution is -0.140. The molecule has 22 heavy (non-hydrogen) atoms. The van der Waals surface area contributed by atoms with Gasteiger partial charge in [0.1, 0.15) is 5.75 Å². The van der Waals surface area contributed by atoms with E-state index in [2.05, 4.69) is 5.10 Å². The summed E-state index contributed by atoms with van der Waals surface area (Å²) in [6, 6.07) is 3.91. The molecule has 0 bridgehead atoms. The van der Waals surface area contributed by atoms with E-state index in [0.29, 0.717) is 5.75 Å². The Morgan fingerprint density at radius 1 is 1.36 bits per heavy atom. The fraction of sp³-hybridized carbons (Fsp3) is 0.214. The number of carbonyl (C=O) groups is 1. The van der Waals surface area contributed by atoms with E-state index in [1.807, 2.05) is 0 Å². The van der Waals surface area contributed by atoms with E-state index in [-0.39, 0.29) is 11.5 Å². The SMILES string of the molecule is COc1ccc(Oc2cnn(C(C)C(=O)O)c(=O)c2)c(F)c1. The Bertz CT molecular complexity index is 759. The number of rotatable bonds is 5. The van der Waals surface area contributed by atoms with Crippen molar-refractivity contribution in [2.75, 3.05) is 7.11 Å². The summed E-state index contributed by atoms with van der Waals surface area (Å²) < 4.78 is 24.6. The van der Waals surface area contributed by atoms with Gasteiger partial charge in [0, 0.05) is 12.1 Å². The maximum Gasteiger partial charge on any atom is 0.328 e. The van der Waals surface area contributed by atoms with Gasteiger partial charge in [-0.1, -0.05) is 0 Å². The number of hydrogen-bond acceptors (Lipinski definition) is 5. The van der Waals surface area contributed by atoms with Gasteiger partial charge < -0.3 is 14.6 Å². The number of carboxylic acid groups (broad SMARTS) is 1. The molecule has 7 nitrogen and oxygen atoms in total. The lowest BCUT2D eigenvalue weighted by Gasteiger charge is -2.11. The number of ether oxygens (including phenoxy) is 2. The third-order valence-electron chi connectivity index (χ3n) is 2.89. The molecule has 0 amide bonds. The van der Waals surface area contributed by atoms with Gasteiger partial charge in [-0.25, -0.2) is 13.9 Å². The summed E-state index contributed by atoms with van der Waals surface area (Å²) in [5, 5.41) is 12.6. The molecule has 116 valence electrons. The molecule has 1 aromatic carbocycles. The van der Waals surface area contributed by atoms with Gasteiger partial charge in [0.2, 0.25) is 0 Å². The standard InChI is InChI=1S/C14H13FN2O5/c1-8(14(19)20)17-13(18)6-10(7-16-17)22-12-4-3-9(21-2)5-11(12)15/h3-8H,1-2H3,(H,19,20). The summed E-state index contributed by atoms with van der Waals surface area (Å²) >= 11 is 0. The van der Waals surface area contributed by atoms with E-state index in [1.54, 1.807) is 0 Å². The Balaban J connectivity index is 2.26. The van der Waals surface area contributed by atoms with Crippen LogP contribution < -0.4 is 15.0 Å². The maximum absolute atomic E-state index is 13.8. The van der Waals surface area contributed by atoms with Crippen LogP contribution in [0.5, 0.6) is 17.2 Å². The molecular formula is C14H13FN2O5. The molecule has 0 radical (unpaired) electrons. The summed E-state index contributed by atoms with van der Waals surface area (Å²) in [5.41, 5.74) is -0.665. The quantitative estimate of drug-likeness (QED) is 0.906. The second-order valence-corrected chi connectivity index (χ2v) is 4.39. The summed E-state index contributed by atoms with van der Waals surface area (Å²) in [7, 11) is 1.41. The highest BCUT2D eigenvalue weighted by atomic mass is 19.1. The Kier molecular flexibility index (Phi) is 4.40. The largest absolute Gasteiger partial charge is 0.497 e. The normalized spacial score (nSPS) is 11.8. The Labute approximate surface area is 124 Å². The van der Waals surface area contributed by atoms with E-state index in [0.717, 1.165) is 23.0 Å². The predicted octanol–water partition coefficient (Wildman–Crippen LogP) is 1.83. The fourth-order valence-corrected chi connectivity index (χ4v) is 1.67. The maximum atomic E-state index is 13.8. The van der Waals surface area contributed by atoms with Crippen molar-refractivity contribution in [2.45, 2.75) is 13.0 Å². The number of benzene rings is 1. The summed E-state index contributed by atoms with van der Waals surface area (Å²) in [6.45, 7) is 1.32. The van der Waals surface area contributed by atoms with Crippen LogP contribution in [0.3, 0.4) is 0 Å². The summed E-state index contributed by atoms with van der Waals surface area (Å²) in [5.74, 6) is -1.63. The number of halogens is 1. The van der Waals surface area contributed by atoms with Crippen LogP contribution >= 0.6 is 0 Å². The van der Waals surface area contributed by atoms with E-state index < -0.39 is 23.4 Å². The second kappa shape index (κ2) is 6.25. The first-order chi connectivity index (χ1) is 10.4. The highest BCUT2D eigenvalue weighted by molar-refractivity contribution is 5.71. The highest BCUT2D eigenvalue weighted by Gasteiger charge is 2.16. The van der Waals surface area contributed by atoms with Gasteiger partial charge in [-0.15, -0.1) is 0 Å². The van der Waals surface area contributed by atoms with Crippen LogP contribution in [0.15, 0.2) is 35.3 Å². The molecular weight excluding hydrogens is 295 g/mol. The van der Waals surface area contributed by atoms with Crippen molar-refractivity contribution in [3.63, 3.8) is 0 Å². The van der Waals surface area contributed by atoms with Crippen LogP contribution in [0.2, 0.25) is 0 Å². The van der Waals surface area contributed by atoms with Crippen LogP contribution in [-0.4, -0.2) is 28.0 Å². The monoisotopic (exact) mass is 308 g/mol. The zero-order chi connectivity index (χ0) is 16.3. The van der Waals surface area contributed by atoms with E-state index in [4.69, 9.17) is 14.6 Å². The van der Waals surface area contributed by atoms with Gasteiger partial charge >= 0.3 is 5.97 Å². The van der Waals surface area contributed by atoms with E-state index in [1.165, 1.54) is 26.2 Å². The minimum Gasteiger partial charge on any atom is -0.497 e. The van der Waals surface area contributed by atoms with Crippen LogP contribution in [0.25, 0.3) is 0 Å². The van der Waals surface area contributed by atoms with E-state index >= 15 is 0 Å². The number of hydrogen-bond donors (Lipinski definition) is 1. The zero-order valence-corrected chi connectivity index (χ0v) is 11.8. The molecule has 1 unspecified atom stereocenters. The number of methoxy groups -OCH3 is 1. The number of carboxylic acids is 1. The van der Waals surface area contributed by atoms with Crippen LogP contribution in [0.1, 0.15) is 13.0 Å². The second-order valence-electron chi connectivity index (χ2n) is 4.39. The van der Waals surface area contributed by atoms with Crippen LogP contribution in [0, 0.1) is 5.82 Å². The molecule has 2 aromatic rings. The number of aromatic nitrogens is 2. The predicted molar refractivity (Wildman–Crippen MR) is 73.9 cm³/mol. The average molecular weight is 308 g/mol. The van der Waals surface area contributed by atoms with Crippen molar-refractivity contribution in [2.24, 2.45) is 0 Å². The van der Waals surface area contributed by atoms with Gasteiger partial charge in [0.25, 0.3) is 5.56 Å². The summed E-state index contributed by atoms with van der Waals surface area (Å²) in [4.78, 5) is 22.6. The van der Waals surface area contributed by atoms with Gasteiger partial charge in [0.15, 0.2) is 23.4 Å². The third-order valence-corrected chi connectivity index (χ3v) is 2.89. The molecule has 0 aliphatic carbocycles. The van der Waals surface area contributed by atoms with E-state index in [9.17, 15) is 14.0 Å². The lowest BCUT2D eigenvalue weighted by atomic mass is 10.3. The molecule has 0 aliphatic rings. The molecule has 0 aliphatic heterocycles. The first-order valence-corrected chi connectivity index (χ1v) is 6.25. The van der Waals surface area contributed by atoms with Gasteiger partial charge in [-0.05, 0) is 19.1 Å². The minimum atomic E-state index is -1.19. The zero-order valence-electron chi connectivity index (χ0n) is 11.8. The van der Waals surface area contributed by atoms with Crippen molar-refractivity contribution >= 4 is 5.97 Å². The van der Waals surface area contributed by atoms with Crippen molar-refractivity contribution in [3.05, 3.63) is 46.6 Å². The topological polar surface area (TPSA) is 90.7 Å². The van der Waals surface area contributed by atoms with Crippen molar-refractivity contribution < 1.29 is 23.8 Å². The minimum absolute atomic E-state index is 0.00269. The molecule has 8 heteroatoms. The van der Waals surface area contributed by atoms with Gasteiger partial charge in [-0.3, -0.25) is 4.79 Å². The first kappa shape index (κ1) is 15.5. The Morgan fingerprint density at radius 2 is 2.09 bits per heavy atom. The molecule has 0 fully saturated rings.